The highest BCUT2D eigenvalue weighted by molar-refractivity contribution is 6.66. The average molecular weight is 426 g/mol. The molecule has 2 aliphatic rings. The lowest BCUT2D eigenvalue weighted by molar-refractivity contribution is 0.312. The summed E-state index contributed by atoms with van der Waals surface area (Å²) in [6.45, 7) is 3.73. The summed E-state index contributed by atoms with van der Waals surface area (Å²) in [5.74, 6) is 0. The lowest BCUT2D eigenvalue weighted by atomic mass is 9.78. The standard InChI is InChI=1S/C20H16Cl4N2/c1-17-18(2,20(23,24)16(25-17)14-11-7-4-8-12-14)26-15(19(17,21)22)13-9-5-3-6-10-13/h3-12H,1-2H3. The van der Waals surface area contributed by atoms with Crippen LogP contribution in [-0.2, 0) is 0 Å². The topological polar surface area (TPSA) is 24.7 Å². The minimum absolute atomic E-state index is 0.535. The molecule has 0 aromatic heterocycles. The molecule has 0 aliphatic carbocycles. The number of nitrogens with zero attached hydrogens (tertiary/aromatic N) is 2. The van der Waals surface area contributed by atoms with Gasteiger partial charge in [0.1, 0.15) is 11.1 Å². The van der Waals surface area contributed by atoms with Crippen molar-refractivity contribution < 1.29 is 0 Å². The Labute approximate surface area is 172 Å². The van der Waals surface area contributed by atoms with Crippen LogP contribution in [0.4, 0.5) is 0 Å². The zero-order chi connectivity index (χ0) is 18.8. The van der Waals surface area contributed by atoms with Crippen molar-refractivity contribution in [2.75, 3.05) is 0 Å². The summed E-state index contributed by atoms with van der Waals surface area (Å²) in [6, 6.07) is 19.1. The third kappa shape index (κ3) is 2.13. The van der Waals surface area contributed by atoms with Gasteiger partial charge in [-0.15, -0.1) is 0 Å². The fraction of sp³-hybridized carbons (Fsp3) is 0.300. The molecule has 2 aromatic carbocycles. The Balaban J connectivity index is 1.93. The molecular formula is C20H16Cl4N2. The number of hydrogen-bond donors (Lipinski definition) is 0. The lowest BCUT2D eigenvalue weighted by Crippen LogP contribution is -2.58. The lowest BCUT2D eigenvalue weighted by Gasteiger charge is -2.40. The molecule has 2 aromatic rings. The maximum Gasteiger partial charge on any atom is 0.187 e. The highest BCUT2D eigenvalue weighted by atomic mass is 35.5. The predicted molar refractivity (Wildman–Crippen MR) is 112 cm³/mol. The fourth-order valence-electron chi connectivity index (χ4n) is 3.70. The predicted octanol–water partition coefficient (Wildman–Crippen LogP) is 5.86. The van der Waals surface area contributed by atoms with Gasteiger partial charge < -0.3 is 0 Å². The van der Waals surface area contributed by atoms with Gasteiger partial charge in [0.25, 0.3) is 0 Å². The molecule has 4 rings (SSSR count). The molecule has 2 atom stereocenters. The second-order valence-corrected chi connectivity index (χ2v) is 9.60. The summed E-state index contributed by atoms with van der Waals surface area (Å²) in [5.41, 5.74) is 0.678. The largest absolute Gasteiger partial charge is 0.273 e. The first-order valence-electron chi connectivity index (χ1n) is 8.22. The third-order valence-corrected chi connectivity index (χ3v) is 7.72. The molecule has 2 nitrogen and oxygen atoms in total. The smallest absolute Gasteiger partial charge is 0.187 e. The monoisotopic (exact) mass is 424 g/mol. The van der Waals surface area contributed by atoms with Crippen molar-refractivity contribution in [2.24, 2.45) is 9.98 Å². The number of rotatable bonds is 2. The fourth-order valence-corrected chi connectivity index (χ4v) is 5.21. The van der Waals surface area contributed by atoms with Crippen LogP contribution in [0, 0.1) is 0 Å². The van der Waals surface area contributed by atoms with E-state index in [1.54, 1.807) is 0 Å². The van der Waals surface area contributed by atoms with E-state index in [2.05, 4.69) is 0 Å². The SMILES string of the molecule is CC12N=C(c3ccccc3)C(Cl)(Cl)C1(C)N=C(c1ccccc1)C2(Cl)Cl. The molecule has 2 aliphatic heterocycles. The van der Waals surface area contributed by atoms with Crippen LogP contribution in [0.1, 0.15) is 25.0 Å². The van der Waals surface area contributed by atoms with Crippen LogP contribution in [0.3, 0.4) is 0 Å². The van der Waals surface area contributed by atoms with Gasteiger partial charge in [0.2, 0.25) is 0 Å². The summed E-state index contributed by atoms with van der Waals surface area (Å²) in [4.78, 5) is 9.76. The highest BCUT2D eigenvalue weighted by Gasteiger charge is 2.76. The molecule has 2 heterocycles. The Hall–Kier alpha value is -1.06. The van der Waals surface area contributed by atoms with Gasteiger partial charge in [0.15, 0.2) is 8.67 Å². The third-order valence-electron chi connectivity index (χ3n) is 5.53. The van der Waals surface area contributed by atoms with Crippen molar-refractivity contribution in [3.8, 4) is 0 Å². The first-order valence-corrected chi connectivity index (χ1v) is 9.73. The minimum atomic E-state index is -1.38. The van der Waals surface area contributed by atoms with E-state index in [4.69, 9.17) is 56.4 Å². The van der Waals surface area contributed by atoms with E-state index in [-0.39, 0.29) is 0 Å². The zero-order valence-corrected chi connectivity index (χ0v) is 17.2. The van der Waals surface area contributed by atoms with E-state index in [1.807, 2.05) is 74.5 Å². The quantitative estimate of drug-likeness (QED) is 0.538. The van der Waals surface area contributed by atoms with E-state index in [1.165, 1.54) is 0 Å². The minimum Gasteiger partial charge on any atom is -0.273 e. The molecule has 26 heavy (non-hydrogen) atoms. The Morgan fingerprint density at radius 3 is 1.19 bits per heavy atom. The van der Waals surface area contributed by atoms with Crippen molar-refractivity contribution in [3.05, 3.63) is 71.8 Å². The van der Waals surface area contributed by atoms with Gasteiger partial charge >= 0.3 is 0 Å². The van der Waals surface area contributed by atoms with Gasteiger partial charge in [-0.3, -0.25) is 9.98 Å². The van der Waals surface area contributed by atoms with Crippen LogP contribution < -0.4 is 0 Å². The summed E-state index contributed by atoms with van der Waals surface area (Å²) in [7, 11) is 0. The van der Waals surface area contributed by atoms with Gasteiger partial charge in [-0.05, 0) is 25.0 Å². The van der Waals surface area contributed by atoms with Crippen molar-refractivity contribution in [1.29, 1.82) is 0 Å². The van der Waals surface area contributed by atoms with Crippen molar-refractivity contribution in [3.63, 3.8) is 0 Å². The molecule has 0 saturated heterocycles. The Kier molecular flexibility index (Phi) is 4.03. The normalized spacial score (nSPS) is 31.3. The van der Waals surface area contributed by atoms with E-state index in [0.29, 0.717) is 11.4 Å². The van der Waals surface area contributed by atoms with Gasteiger partial charge in [-0.1, -0.05) is 107 Å². The number of benzene rings is 2. The van der Waals surface area contributed by atoms with Crippen molar-refractivity contribution >= 4 is 57.8 Å². The zero-order valence-electron chi connectivity index (χ0n) is 14.2. The Morgan fingerprint density at radius 2 is 0.885 bits per heavy atom. The highest BCUT2D eigenvalue weighted by Crippen LogP contribution is 2.63. The molecule has 134 valence electrons. The summed E-state index contributed by atoms with van der Waals surface area (Å²) in [6.07, 6.45) is 0. The first-order chi connectivity index (χ1) is 12.2. The molecular weight excluding hydrogens is 410 g/mol. The van der Waals surface area contributed by atoms with E-state index >= 15 is 0 Å². The van der Waals surface area contributed by atoms with E-state index < -0.39 is 19.7 Å². The van der Waals surface area contributed by atoms with Gasteiger partial charge in [0.05, 0.1) is 11.4 Å². The number of halogens is 4. The molecule has 0 N–H and O–H groups in total. The van der Waals surface area contributed by atoms with Crippen LogP contribution >= 0.6 is 46.4 Å². The van der Waals surface area contributed by atoms with E-state index in [0.717, 1.165) is 11.1 Å². The van der Waals surface area contributed by atoms with Crippen LogP contribution in [0.2, 0.25) is 0 Å². The molecule has 0 radical (unpaired) electrons. The van der Waals surface area contributed by atoms with Gasteiger partial charge in [-0.25, -0.2) is 0 Å². The summed E-state index contributed by atoms with van der Waals surface area (Å²) >= 11 is 27.6. The summed E-state index contributed by atoms with van der Waals surface area (Å²) < 4.78 is -2.76. The second kappa shape index (κ2) is 5.72. The Bertz CT molecular complexity index is 844. The maximum absolute atomic E-state index is 6.89. The molecule has 0 saturated carbocycles. The number of alkyl halides is 4. The molecule has 0 amide bonds. The van der Waals surface area contributed by atoms with Crippen molar-refractivity contribution in [1.82, 2.24) is 0 Å². The van der Waals surface area contributed by atoms with Crippen LogP contribution in [0.15, 0.2) is 70.6 Å². The maximum atomic E-state index is 6.89. The van der Waals surface area contributed by atoms with Gasteiger partial charge in [-0.2, -0.15) is 0 Å². The molecule has 2 unspecified atom stereocenters. The Morgan fingerprint density at radius 1 is 0.577 bits per heavy atom. The van der Waals surface area contributed by atoms with Crippen LogP contribution in [0.25, 0.3) is 0 Å². The van der Waals surface area contributed by atoms with Crippen LogP contribution in [-0.4, -0.2) is 31.2 Å². The average Bonchev–Trinajstić information content (AvgIpc) is 2.90. The molecule has 0 spiro atoms. The van der Waals surface area contributed by atoms with E-state index in [9.17, 15) is 0 Å². The van der Waals surface area contributed by atoms with Crippen LogP contribution in [0.5, 0.6) is 0 Å². The van der Waals surface area contributed by atoms with Crippen molar-refractivity contribution in [2.45, 2.75) is 33.6 Å². The summed E-state index contributed by atoms with van der Waals surface area (Å²) in [5, 5.41) is 0. The second-order valence-electron chi connectivity index (χ2n) is 6.95. The number of hydrogen-bond acceptors (Lipinski definition) is 2. The molecule has 6 heteroatoms. The molecule has 0 bridgehead atoms. The van der Waals surface area contributed by atoms with Gasteiger partial charge in [0, 0.05) is 0 Å². The number of aliphatic imine (C=N–C) groups is 2. The number of fused-ring (bicyclic) bond motifs is 1. The first kappa shape index (κ1) is 18.3. The molecule has 0 fully saturated rings.